The number of carbonyl (C=O) groups excluding carboxylic acids is 1. The molecule has 1 unspecified atom stereocenters. The molecule has 154 valence electrons. The van der Waals surface area contributed by atoms with Crippen molar-refractivity contribution >= 4 is 27.9 Å². The molecule has 2 aromatic carbocycles. The number of ether oxygens (including phenoxy) is 3. The third kappa shape index (κ3) is 3.61. The first-order valence-electron chi connectivity index (χ1n) is 9.48. The zero-order valence-electron chi connectivity index (χ0n) is 16.8. The molecule has 0 spiro atoms. The van der Waals surface area contributed by atoms with Gasteiger partial charge in [0.25, 0.3) is 0 Å². The maximum absolute atomic E-state index is 12.1. The van der Waals surface area contributed by atoms with Crippen molar-refractivity contribution in [2.45, 2.75) is 20.0 Å². The highest BCUT2D eigenvalue weighted by Crippen LogP contribution is 2.36. The Kier molecular flexibility index (Phi) is 5.18. The van der Waals surface area contributed by atoms with E-state index >= 15 is 0 Å². The number of furan rings is 1. The van der Waals surface area contributed by atoms with E-state index in [1.807, 2.05) is 18.2 Å². The van der Waals surface area contributed by atoms with Gasteiger partial charge in [0.05, 0.1) is 13.7 Å². The Balaban J connectivity index is 1.81. The first-order valence-corrected chi connectivity index (χ1v) is 9.48. The largest absolute Gasteiger partial charge is 0.493 e. The Labute approximate surface area is 171 Å². The fourth-order valence-electron chi connectivity index (χ4n) is 3.26. The highest BCUT2D eigenvalue weighted by Gasteiger charge is 2.18. The van der Waals surface area contributed by atoms with Crippen LogP contribution in [0.3, 0.4) is 0 Å². The number of benzene rings is 2. The Morgan fingerprint density at radius 3 is 2.70 bits per heavy atom. The van der Waals surface area contributed by atoms with Gasteiger partial charge in [-0.2, -0.15) is 0 Å². The van der Waals surface area contributed by atoms with Gasteiger partial charge in [-0.05, 0) is 44.2 Å². The van der Waals surface area contributed by atoms with Crippen LogP contribution in [-0.4, -0.2) is 25.8 Å². The van der Waals surface area contributed by atoms with Crippen LogP contribution in [0, 0.1) is 0 Å². The van der Waals surface area contributed by atoms with Crippen molar-refractivity contribution in [3.8, 4) is 22.8 Å². The van der Waals surface area contributed by atoms with Gasteiger partial charge in [-0.3, -0.25) is 0 Å². The minimum Gasteiger partial charge on any atom is -0.493 e. The molecule has 2 aromatic heterocycles. The van der Waals surface area contributed by atoms with E-state index in [0.29, 0.717) is 39.4 Å². The Morgan fingerprint density at radius 1 is 1.10 bits per heavy atom. The lowest BCUT2D eigenvalue weighted by Gasteiger charge is -2.14. The summed E-state index contributed by atoms with van der Waals surface area (Å²) in [5.74, 6) is 1.06. The summed E-state index contributed by atoms with van der Waals surface area (Å²) in [6.07, 6.45) is -0.781. The Morgan fingerprint density at radius 2 is 1.93 bits per heavy atom. The SMILES string of the molecule is CCOC(=O)C(C)Oc1ccc2oc(=O)cc(-c3cc4cccc(OC)c4o3)c2c1. The second kappa shape index (κ2) is 7.94. The monoisotopic (exact) mass is 408 g/mol. The normalized spacial score (nSPS) is 12.1. The summed E-state index contributed by atoms with van der Waals surface area (Å²) >= 11 is 0. The first kappa shape index (κ1) is 19.6. The highest BCUT2D eigenvalue weighted by atomic mass is 16.6. The molecule has 0 aliphatic heterocycles. The molecule has 0 bridgehead atoms. The van der Waals surface area contributed by atoms with Gasteiger partial charge in [0.15, 0.2) is 17.4 Å². The smallest absolute Gasteiger partial charge is 0.347 e. The molecular weight excluding hydrogens is 388 g/mol. The minimum atomic E-state index is -0.781. The summed E-state index contributed by atoms with van der Waals surface area (Å²) < 4.78 is 27.4. The first-order chi connectivity index (χ1) is 14.5. The van der Waals surface area contributed by atoms with Gasteiger partial charge in [-0.1, -0.05) is 12.1 Å². The molecule has 0 aliphatic rings. The number of para-hydroxylation sites is 1. The molecule has 0 fully saturated rings. The van der Waals surface area contributed by atoms with Crippen molar-refractivity contribution in [3.05, 3.63) is 59.0 Å². The second-order valence-corrected chi connectivity index (χ2v) is 6.64. The fraction of sp³-hybridized carbons (Fsp3) is 0.217. The van der Waals surface area contributed by atoms with Gasteiger partial charge in [-0.15, -0.1) is 0 Å². The molecule has 30 heavy (non-hydrogen) atoms. The predicted molar refractivity (Wildman–Crippen MR) is 111 cm³/mol. The van der Waals surface area contributed by atoms with E-state index < -0.39 is 17.7 Å². The molecule has 0 saturated carbocycles. The van der Waals surface area contributed by atoms with Crippen molar-refractivity contribution in [1.82, 2.24) is 0 Å². The van der Waals surface area contributed by atoms with Gasteiger partial charge in [0, 0.05) is 22.4 Å². The molecule has 4 aromatic rings. The van der Waals surface area contributed by atoms with Gasteiger partial charge >= 0.3 is 11.6 Å². The van der Waals surface area contributed by atoms with Crippen LogP contribution in [0.2, 0.25) is 0 Å². The molecule has 0 radical (unpaired) electrons. The van der Waals surface area contributed by atoms with Crippen LogP contribution in [0.15, 0.2) is 62.2 Å². The molecule has 7 nitrogen and oxygen atoms in total. The Bertz CT molecular complexity index is 1280. The number of rotatable bonds is 6. The highest BCUT2D eigenvalue weighted by molar-refractivity contribution is 5.96. The summed E-state index contributed by atoms with van der Waals surface area (Å²) in [5, 5.41) is 1.45. The van der Waals surface area contributed by atoms with Crippen LogP contribution < -0.4 is 15.1 Å². The van der Waals surface area contributed by atoms with Gasteiger partial charge in [-0.25, -0.2) is 9.59 Å². The number of hydrogen-bond donors (Lipinski definition) is 0. The van der Waals surface area contributed by atoms with Crippen molar-refractivity contribution in [1.29, 1.82) is 0 Å². The topological polar surface area (TPSA) is 88.1 Å². The summed E-state index contributed by atoms with van der Waals surface area (Å²) in [6.45, 7) is 3.62. The lowest BCUT2D eigenvalue weighted by molar-refractivity contribution is -0.150. The van der Waals surface area contributed by atoms with Crippen molar-refractivity contribution in [2.75, 3.05) is 13.7 Å². The number of methoxy groups -OCH3 is 1. The van der Waals surface area contributed by atoms with E-state index in [0.717, 1.165) is 5.39 Å². The van der Waals surface area contributed by atoms with Crippen LogP contribution in [0.5, 0.6) is 11.5 Å². The van der Waals surface area contributed by atoms with Crippen LogP contribution in [0.1, 0.15) is 13.8 Å². The summed E-state index contributed by atoms with van der Waals surface area (Å²) in [5.41, 5.74) is 1.01. The van der Waals surface area contributed by atoms with E-state index in [2.05, 4.69) is 0 Å². The van der Waals surface area contributed by atoms with Crippen molar-refractivity contribution < 1.29 is 27.8 Å². The summed E-state index contributed by atoms with van der Waals surface area (Å²) in [6, 6.07) is 13.7. The van der Waals surface area contributed by atoms with Crippen molar-refractivity contribution in [2.24, 2.45) is 0 Å². The Hall–Kier alpha value is -3.74. The van der Waals surface area contributed by atoms with Crippen LogP contribution in [0.25, 0.3) is 33.3 Å². The lowest BCUT2D eigenvalue weighted by atomic mass is 10.1. The average molecular weight is 408 g/mol. The van der Waals surface area contributed by atoms with E-state index in [4.69, 9.17) is 23.0 Å². The molecule has 4 rings (SSSR count). The van der Waals surface area contributed by atoms with E-state index in [-0.39, 0.29) is 6.61 Å². The molecular formula is C23H20O7. The number of hydrogen-bond acceptors (Lipinski definition) is 7. The minimum absolute atomic E-state index is 0.273. The van der Waals surface area contributed by atoms with Crippen LogP contribution >= 0.6 is 0 Å². The van der Waals surface area contributed by atoms with Gasteiger partial charge in [0.2, 0.25) is 0 Å². The van der Waals surface area contributed by atoms with Crippen LogP contribution in [0.4, 0.5) is 0 Å². The molecule has 2 heterocycles. The molecule has 0 amide bonds. The van der Waals surface area contributed by atoms with Gasteiger partial charge in [0.1, 0.15) is 17.1 Å². The maximum atomic E-state index is 12.1. The summed E-state index contributed by atoms with van der Waals surface area (Å²) in [4.78, 5) is 24.0. The molecule has 0 N–H and O–H groups in total. The fourth-order valence-corrected chi connectivity index (χ4v) is 3.26. The third-order valence-corrected chi connectivity index (χ3v) is 4.64. The van der Waals surface area contributed by atoms with Gasteiger partial charge < -0.3 is 23.0 Å². The standard InChI is InChI=1S/C23H20O7/c1-4-27-23(25)13(2)28-15-8-9-18-16(11-15)17(12-21(24)29-18)20-10-14-6-5-7-19(26-3)22(14)30-20/h5-13H,4H2,1-3H3. The third-order valence-electron chi connectivity index (χ3n) is 4.64. The van der Waals surface area contributed by atoms with E-state index in [1.54, 1.807) is 45.2 Å². The zero-order valence-corrected chi connectivity index (χ0v) is 16.8. The van der Waals surface area contributed by atoms with Crippen LogP contribution in [-0.2, 0) is 9.53 Å². The van der Waals surface area contributed by atoms with E-state index in [9.17, 15) is 9.59 Å². The van der Waals surface area contributed by atoms with E-state index in [1.165, 1.54) is 6.07 Å². The number of fused-ring (bicyclic) bond motifs is 2. The quantitative estimate of drug-likeness (QED) is 0.342. The number of esters is 1. The lowest BCUT2D eigenvalue weighted by Crippen LogP contribution is -2.26. The molecule has 1 atom stereocenters. The molecule has 0 aliphatic carbocycles. The molecule has 7 heteroatoms. The zero-order chi connectivity index (χ0) is 21.3. The molecule has 0 saturated heterocycles. The average Bonchev–Trinajstić information content (AvgIpc) is 3.17. The second-order valence-electron chi connectivity index (χ2n) is 6.64. The number of carbonyl (C=O) groups is 1. The summed E-state index contributed by atoms with van der Waals surface area (Å²) in [7, 11) is 1.57. The van der Waals surface area contributed by atoms with Crippen molar-refractivity contribution in [3.63, 3.8) is 0 Å². The predicted octanol–water partition coefficient (Wildman–Crippen LogP) is 4.55. The maximum Gasteiger partial charge on any atom is 0.347 e.